The minimum Gasteiger partial charge on any atom is -0.495 e. The van der Waals surface area contributed by atoms with Crippen LogP contribution >= 0.6 is 28.3 Å². The molecule has 0 saturated carbocycles. The van der Waals surface area contributed by atoms with Gasteiger partial charge in [-0.1, -0.05) is 0 Å². The predicted molar refractivity (Wildman–Crippen MR) is 76.7 cm³/mol. The first-order valence-corrected chi connectivity index (χ1v) is 7.35. The van der Waals surface area contributed by atoms with Crippen molar-refractivity contribution in [1.29, 1.82) is 0 Å². The Balaban J connectivity index is 0.00000324. The fourth-order valence-electron chi connectivity index (χ4n) is 1.26. The molecule has 0 aliphatic carbocycles. The van der Waals surface area contributed by atoms with Gasteiger partial charge in [-0.05, 0) is 35.0 Å². The van der Waals surface area contributed by atoms with Gasteiger partial charge in [-0.25, -0.2) is 17.5 Å². The molecule has 19 heavy (non-hydrogen) atoms. The third-order valence-electron chi connectivity index (χ3n) is 2.21. The minimum atomic E-state index is -3.87. The highest BCUT2D eigenvalue weighted by Gasteiger charge is 2.23. The molecule has 0 unspecified atom stereocenters. The van der Waals surface area contributed by atoms with Gasteiger partial charge in [-0.3, -0.25) is 0 Å². The third-order valence-corrected chi connectivity index (χ3v) is 4.42. The second kappa shape index (κ2) is 7.39. The number of sulfonamides is 1. The van der Waals surface area contributed by atoms with E-state index < -0.39 is 21.9 Å². The third kappa shape index (κ3) is 4.57. The highest BCUT2D eigenvalue weighted by atomic mass is 79.9. The zero-order valence-corrected chi connectivity index (χ0v) is 13.5. The number of hydrogen-bond donors (Lipinski definition) is 2. The van der Waals surface area contributed by atoms with E-state index >= 15 is 0 Å². The van der Waals surface area contributed by atoms with Crippen molar-refractivity contribution < 1.29 is 17.5 Å². The maximum Gasteiger partial charge on any atom is 0.244 e. The Bertz CT molecular complexity index is 542. The van der Waals surface area contributed by atoms with E-state index in [1.165, 1.54) is 13.2 Å². The topological polar surface area (TPSA) is 81.4 Å². The van der Waals surface area contributed by atoms with E-state index in [0.717, 1.165) is 6.07 Å². The Morgan fingerprint density at radius 1 is 1.53 bits per heavy atom. The Hall–Kier alpha value is -0.410. The average molecular weight is 378 g/mol. The summed E-state index contributed by atoms with van der Waals surface area (Å²) in [6.45, 7) is 1.75. The summed E-state index contributed by atoms with van der Waals surface area (Å²) in [6.07, 6.45) is 0. The Morgan fingerprint density at radius 2 is 2.11 bits per heavy atom. The monoisotopic (exact) mass is 376 g/mol. The van der Waals surface area contributed by atoms with E-state index in [9.17, 15) is 12.8 Å². The van der Waals surface area contributed by atoms with E-state index in [2.05, 4.69) is 20.7 Å². The molecule has 110 valence electrons. The first kappa shape index (κ1) is 18.6. The van der Waals surface area contributed by atoms with Gasteiger partial charge >= 0.3 is 0 Å². The van der Waals surface area contributed by atoms with Crippen molar-refractivity contribution in [2.75, 3.05) is 13.7 Å². The summed E-state index contributed by atoms with van der Waals surface area (Å²) in [6, 6.07) is 1.71. The van der Waals surface area contributed by atoms with Crippen LogP contribution in [0.1, 0.15) is 6.92 Å². The van der Waals surface area contributed by atoms with E-state index in [1.54, 1.807) is 6.92 Å². The lowest BCUT2D eigenvalue weighted by Crippen LogP contribution is -2.37. The zero-order chi connectivity index (χ0) is 13.9. The number of methoxy groups -OCH3 is 1. The average Bonchev–Trinajstić information content (AvgIpc) is 2.31. The smallest absolute Gasteiger partial charge is 0.244 e. The van der Waals surface area contributed by atoms with E-state index in [-0.39, 0.29) is 34.1 Å². The molecule has 0 heterocycles. The van der Waals surface area contributed by atoms with Crippen LogP contribution in [-0.2, 0) is 10.0 Å². The largest absolute Gasteiger partial charge is 0.495 e. The summed E-state index contributed by atoms with van der Waals surface area (Å²) in [5.41, 5.74) is 5.34. The first-order chi connectivity index (χ1) is 8.31. The lowest BCUT2D eigenvalue weighted by Gasteiger charge is -2.14. The van der Waals surface area contributed by atoms with Crippen molar-refractivity contribution >= 4 is 38.4 Å². The van der Waals surface area contributed by atoms with Crippen LogP contribution in [0.25, 0.3) is 0 Å². The number of nitrogens with two attached hydrogens (primary N) is 1. The Morgan fingerprint density at radius 3 is 2.58 bits per heavy atom. The van der Waals surface area contributed by atoms with Gasteiger partial charge in [-0.2, -0.15) is 0 Å². The molecule has 0 saturated heterocycles. The Labute approximate surface area is 126 Å². The van der Waals surface area contributed by atoms with Crippen molar-refractivity contribution in [1.82, 2.24) is 4.72 Å². The second-order valence-corrected chi connectivity index (χ2v) is 6.21. The lowest BCUT2D eigenvalue weighted by molar-refractivity contribution is 0.399. The zero-order valence-electron chi connectivity index (χ0n) is 10.3. The summed E-state index contributed by atoms with van der Waals surface area (Å²) in [4.78, 5) is -0.258. The van der Waals surface area contributed by atoms with Gasteiger partial charge < -0.3 is 10.5 Å². The van der Waals surface area contributed by atoms with Crippen LogP contribution < -0.4 is 15.2 Å². The summed E-state index contributed by atoms with van der Waals surface area (Å²) in [5.74, 6) is -0.628. The molecule has 1 aromatic rings. The number of nitrogens with one attached hydrogen (secondary N) is 1. The van der Waals surface area contributed by atoms with Crippen molar-refractivity contribution in [2.45, 2.75) is 17.9 Å². The fraction of sp³-hybridized carbons (Fsp3) is 0.400. The molecule has 5 nitrogen and oxygen atoms in total. The predicted octanol–water partition coefficient (Wildman–Crippen LogP) is 1.64. The van der Waals surface area contributed by atoms with Gasteiger partial charge in [0, 0.05) is 12.6 Å². The number of rotatable bonds is 5. The molecule has 0 aliphatic rings. The molecule has 0 spiro atoms. The maximum atomic E-state index is 13.4. The highest BCUT2D eigenvalue weighted by Crippen LogP contribution is 2.29. The molecular formula is C10H15BrClFN2O3S. The molecule has 3 N–H and O–H groups in total. The molecule has 1 rings (SSSR count). The van der Waals surface area contributed by atoms with Crippen LogP contribution in [0.3, 0.4) is 0 Å². The minimum absolute atomic E-state index is 0. The van der Waals surface area contributed by atoms with Crippen LogP contribution in [-0.4, -0.2) is 28.1 Å². The highest BCUT2D eigenvalue weighted by molar-refractivity contribution is 9.10. The van der Waals surface area contributed by atoms with E-state index in [0.29, 0.717) is 0 Å². The van der Waals surface area contributed by atoms with Gasteiger partial charge in [0.2, 0.25) is 10.0 Å². The Kier molecular flexibility index (Phi) is 7.23. The maximum absolute atomic E-state index is 13.4. The molecule has 1 aromatic carbocycles. The number of hydrogen-bond acceptors (Lipinski definition) is 4. The lowest BCUT2D eigenvalue weighted by atomic mass is 10.3. The van der Waals surface area contributed by atoms with Crippen molar-refractivity contribution in [3.05, 3.63) is 22.4 Å². The van der Waals surface area contributed by atoms with Crippen LogP contribution in [0.15, 0.2) is 21.5 Å². The van der Waals surface area contributed by atoms with Crippen molar-refractivity contribution in [3.8, 4) is 5.75 Å². The summed E-state index contributed by atoms with van der Waals surface area (Å²) < 4.78 is 44.9. The summed E-state index contributed by atoms with van der Waals surface area (Å²) in [5, 5.41) is 0. The molecule has 0 aliphatic heterocycles. The van der Waals surface area contributed by atoms with E-state index in [1.807, 2.05) is 0 Å². The van der Waals surface area contributed by atoms with Gasteiger partial charge in [0.1, 0.15) is 16.5 Å². The summed E-state index contributed by atoms with van der Waals surface area (Å²) >= 11 is 2.96. The van der Waals surface area contributed by atoms with Crippen LogP contribution in [0.4, 0.5) is 4.39 Å². The van der Waals surface area contributed by atoms with Crippen molar-refractivity contribution in [3.63, 3.8) is 0 Å². The fourth-order valence-corrected chi connectivity index (χ4v) is 3.00. The van der Waals surface area contributed by atoms with Gasteiger partial charge in [-0.15, -0.1) is 12.4 Å². The van der Waals surface area contributed by atoms with Crippen LogP contribution in [0, 0.1) is 5.82 Å². The summed E-state index contributed by atoms with van der Waals surface area (Å²) in [7, 11) is -2.56. The van der Waals surface area contributed by atoms with Gasteiger partial charge in [0.15, 0.2) is 0 Å². The molecule has 9 heteroatoms. The second-order valence-electron chi connectivity index (χ2n) is 3.68. The molecule has 0 amide bonds. The number of ether oxygens (including phenoxy) is 1. The van der Waals surface area contributed by atoms with Crippen LogP contribution in [0.2, 0.25) is 0 Å². The van der Waals surface area contributed by atoms with Crippen LogP contribution in [0.5, 0.6) is 5.75 Å². The molecule has 0 fully saturated rings. The molecule has 0 radical (unpaired) electrons. The molecular weight excluding hydrogens is 363 g/mol. The molecule has 0 bridgehead atoms. The van der Waals surface area contributed by atoms with E-state index in [4.69, 9.17) is 10.5 Å². The molecule has 1 atom stereocenters. The molecule has 0 aromatic heterocycles. The van der Waals surface area contributed by atoms with Gasteiger partial charge in [0.05, 0.1) is 11.6 Å². The number of halogens is 3. The van der Waals surface area contributed by atoms with Crippen molar-refractivity contribution in [2.24, 2.45) is 5.73 Å². The standard InChI is InChI=1S/C10H14BrFN2O3S.ClH/c1-6(5-13)14-18(15,16)10-4-8(12)7(11)3-9(10)17-2;/h3-4,6,14H,5,13H2,1-2H3;1H/t6-;/m0./s1. The first-order valence-electron chi connectivity index (χ1n) is 5.07. The normalized spacial score (nSPS) is 12.7. The number of benzene rings is 1. The quantitative estimate of drug-likeness (QED) is 0.817. The van der Waals surface area contributed by atoms with Gasteiger partial charge in [0.25, 0.3) is 0 Å². The SMILES string of the molecule is COc1cc(Br)c(F)cc1S(=O)(=O)N[C@@H](C)CN.Cl.